The minimum absolute atomic E-state index is 0.0458. The van der Waals surface area contributed by atoms with Gasteiger partial charge in [0.25, 0.3) is 5.91 Å². The molecule has 1 amide bonds. The van der Waals surface area contributed by atoms with Gasteiger partial charge in [0, 0.05) is 4.88 Å². The van der Waals surface area contributed by atoms with Crippen LogP contribution >= 0.6 is 22.9 Å². The maximum atomic E-state index is 13.7. The number of carbonyl (C=O) groups is 1. The van der Waals surface area contributed by atoms with Crippen molar-refractivity contribution in [2.75, 3.05) is 17.7 Å². The fourth-order valence-corrected chi connectivity index (χ4v) is 8.50. The number of rotatable bonds is 11. The van der Waals surface area contributed by atoms with Crippen molar-refractivity contribution in [3.05, 3.63) is 75.1 Å². The monoisotopic (exact) mass is 612 g/mol. The van der Waals surface area contributed by atoms with Crippen molar-refractivity contribution in [2.45, 2.75) is 48.2 Å². The second-order valence-corrected chi connectivity index (χ2v) is 14.4. The van der Waals surface area contributed by atoms with E-state index in [2.05, 4.69) is 34.3 Å². The van der Waals surface area contributed by atoms with Crippen LogP contribution < -0.4 is 16.0 Å². The van der Waals surface area contributed by atoms with Crippen molar-refractivity contribution >= 4 is 60.1 Å². The number of sulfone groups is 2. The number of nitrogens with one attached hydrogen (secondary N) is 3. The van der Waals surface area contributed by atoms with E-state index in [-0.39, 0.29) is 31.3 Å². The summed E-state index contributed by atoms with van der Waals surface area (Å²) in [6, 6.07) is 4.54. The highest BCUT2D eigenvalue weighted by Crippen LogP contribution is 2.35. The summed E-state index contributed by atoms with van der Waals surface area (Å²) in [5, 5.41) is 9.28. The number of nitrogens with zero attached hydrogens (tertiary/aromatic N) is 1. The van der Waals surface area contributed by atoms with Crippen LogP contribution in [0.1, 0.15) is 31.4 Å². The van der Waals surface area contributed by atoms with Gasteiger partial charge >= 0.3 is 0 Å². The molecule has 3 N–H and O–H groups in total. The van der Waals surface area contributed by atoms with E-state index in [4.69, 9.17) is 16.1 Å². The number of halogens is 1. The number of aromatic nitrogens is 1. The molecule has 0 bridgehead atoms. The molecule has 0 spiro atoms. The summed E-state index contributed by atoms with van der Waals surface area (Å²) in [6.45, 7) is 13.8. The molecule has 0 aliphatic rings. The standard InChI is InChI=1S/C25H29ClN4O6S3/c1-8-19(27-7)38(32,33)17-11-13(3)10-14(4)22(17)29-24(31)23-18(12-15(5)37-23)39(34,35)20(9-2)28-25-21(26)16(6)30-36-25/h8-12,19-20,27-28H,1-2H2,3-7H3,(H,29,31). The van der Waals surface area contributed by atoms with Gasteiger partial charge in [0.2, 0.25) is 15.7 Å². The Morgan fingerprint density at radius 1 is 1.03 bits per heavy atom. The SMILES string of the molecule is C=CC(Nc1onc(C)c1Cl)S(=O)(=O)c1cc(C)sc1C(=O)Nc1c(C)cc(C)cc1S(=O)(=O)C(C=C)NC. The Balaban J connectivity index is 2.07. The third-order valence-corrected chi connectivity index (χ3v) is 11.3. The van der Waals surface area contributed by atoms with Crippen molar-refractivity contribution in [3.8, 4) is 0 Å². The number of hydrogen-bond donors (Lipinski definition) is 3. The summed E-state index contributed by atoms with van der Waals surface area (Å²) in [4.78, 5) is 13.6. The topological polar surface area (TPSA) is 147 Å². The van der Waals surface area contributed by atoms with E-state index in [1.165, 1.54) is 25.3 Å². The average molecular weight is 613 g/mol. The Morgan fingerprint density at radius 3 is 2.18 bits per heavy atom. The Hall–Kier alpha value is -2.97. The van der Waals surface area contributed by atoms with E-state index in [0.717, 1.165) is 17.4 Å². The van der Waals surface area contributed by atoms with Gasteiger partial charge in [-0.25, -0.2) is 16.8 Å². The van der Waals surface area contributed by atoms with Crippen LogP contribution in [-0.2, 0) is 19.7 Å². The Morgan fingerprint density at radius 2 is 1.64 bits per heavy atom. The van der Waals surface area contributed by atoms with Gasteiger partial charge in [-0.3, -0.25) is 4.79 Å². The normalized spacial score (nSPS) is 13.5. The van der Waals surface area contributed by atoms with Gasteiger partial charge in [-0.15, -0.1) is 17.9 Å². The Bertz CT molecular complexity index is 1660. The second kappa shape index (κ2) is 11.6. The highest BCUT2D eigenvalue weighted by atomic mass is 35.5. The lowest BCUT2D eigenvalue weighted by atomic mass is 10.1. The maximum Gasteiger partial charge on any atom is 0.267 e. The third-order valence-electron chi connectivity index (χ3n) is 5.77. The van der Waals surface area contributed by atoms with E-state index in [9.17, 15) is 21.6 Å². The molecule has 2 unspecified atom stereocenters. The summed E-state index contributed by atoms with van der Waals surface area (Å²) in [6.07, 6.45) is 2.39. The molecule has 0 saturated heterocycles. The fourth-order valence-electron chi connectivity index (χ4n) is 3.86. The zero-order valence-electron chi connectivity index (χ0n) is 22.0. The van der Waals surface area contributed by atoms with Crippen LogP contribution in [0.25, 0.3) is 0 Å². The molecule has 3 rings (SSSR count). The first-order valence-corrected chi connectivity index (χ1v) is 15.8. The van der Waals surface area contributed by atoms with Crippen LogP contribution in [0, 0.1) is 27.7 Å². The highest BCUT2D eigenvalue weighted by molar-refractivity contribution is 7.92. The molecule has 14 heteroatoms. The lowest BCUT2D eigenvalue weighted by Crippen LogP contribution is -2.33. The Labute approximate surface area is 237 Å². The number of hydrogen-bond acceptors (Lipinski definition) is 10. The first-order valence-electron chi connectivity index (χ1n) is 11.5. The summed E-state index contributed by atoms with van der Waals surface area (Å²) >= 11 is 7.09. The zero-order chi connectivity index (χ0) is 29.3. The van der Waals surface area contributed by atoms with E-state index in [1.54, 1.807) is 33.8 Å². The molecule has 2 aromatic heterocycles. The molecule has 210 valence electrons. The first-order chi connectivity index (χ1) is 18.2. The number of amides is 1. The lowest BCUT2D eigenvalue weighted by Gasteiger charge is -2.19. The van der Waals surface area contributed by atoms with Crippen molar-refractivity contribution in [2.24, 2.45) is 0 Å². The molecule has 0 radical (unpaired) electrons. The quantitative estimate of drug-likeness (QED) is 0.260. The summed E-state index contributed by atoms with van der Waals surface area (Å²) in [7, 11) is -6.77. The molecular weight excluding hydrogens is 584 g/mol. The molecule has 0 aliphatic heterocycles. The number of thiophene rings is 1. The average Bonchev–Trinajstić information content (AvgIpc) is 3.41. The number of benzene rings is 1. The van der Waals surface area contributed by atoms with Gasteiger partial charge in [-0.1, -0.05) is 41.6 Å². The smallest absolute Gasteiger partial charge is 0.267 e. The minimum atomic E-state index is -4.25. The molecule has 0 aliphatic carbocycles. The molecular formula is C25H29ClN4O6S3. The molecule has 0 saturated carbocycles. The predicted octanol–water partition coefficient (Wildman–Crippen LogP) is 4.78. The first kappa shape index (κ1) is 30.6. The predicted molar refractivity (Wildman–Crippen MR) is 154 cm³/mol. The molecule has 39 heavy (non-hydrogen) atoms. The summed E-state index contributed by atoms with van der Waals surface area (Å²) in [5.41, 5.74) is 1.56. The van der Waals surface area contributed by atoms with Crippen LogP contribution in [0.15, 0.2) is 57.8 Å². The molecule has 1 aromatic carbocycles. The number of anilines is 2. The van der Waals surface area contributed by atoms with Crippen molar-refractivity contribution in [1.82, 2.24) is 10.5 Å². The molecule has 10 nitrogen and oxygen atoms in total. The van der Waals surface area contributed by atoms with Gasteiger partial charge in [-0.2, -0.15) is 0 Å². The van der Waals surface area contributed by atoms with Gasteiger partial charge < -0.3 is 20.5 Å². The largest absolute Gasteiger partial charge is 0.337 e. The Kier molecular flexibility index (Phi) is 9.13. The van der Waals surface area contributed by atoms with Gasteiger partial charge in [0.1, 0.15) is 21.0 Å². The molecule has 0 fully saturated rings. The van der Waals surface area contributed by atoms with Crippen LogP contribution in [0.4, 0.5) is 11.6 Å². The molecule has 3 aromatic rings. The van der Waals surface area contributed by atoms with E-state index in [0.29, 0.717) is 21.7 Å². The van der Waals surface area contributed by atoms with Crippen molar-refractivity contribution < 1.29 is 26.2 Å². The van der Waals surface area contributed by atoms with Crippen LogP contribution in [0.5, 0.6) is 0 Å². The zero-order valence-corrected chi connectivity index (χ0v) is 25.2. The van der Waals surface area contributed by atoms with Crippen molar-refractivity contribution in [3.63, 3.8) is 0 Å². The minimum Gasteiger partial charge on any atom is -0.337 e. The number of aryl methyl sites for hydroxylation is 4. The van der Waals surface area contributed by atoms with Crippen LogP contribution in [0.3, 0.4) is 0 Å². The van der Waals surface area contributed by atoms with E-state index >= 15 is 0 Å². The second-order valence-electron chi connectivity index (χ2n) is 8.71. The summed E-state index contributed by atoms with van der Waals surface area (Å²) < 4.78 is 59.1. The molecule has 2 atom stereocenters. The van der Waals surface area contributed by atoms with E-state index < -0.39 is 36.3 Å². The van der Waals surface area contributed by atoms with Gasteiger partial charge in [0.05, 0.1) is 15.5 Å². The molecule has 2 heterocycles. The highest BCUT2D eigenvalue weighted by Gasteiger charge is 2.34. The van der Waals surface area contributed by atoms with E-state index in [1.807, 2.05) is 0 Å². The van der Waals surface area contributed by atoms with Gasteiger partial charge in [0.15, 0.2) is 15.2 Å². The fraction of sp³-hybridized carbons (Fsp3) is 0.280. The van der Waals surface area contributed by atoms with Gasteiger partial charge in [-0.05, 0) is 58.0 Å². The number of carbonyl (C=O) groups excluding carboxylic acids is 1. The lowest BCUT2D eigenvalue weighted by molar-refractivity contribution is 0.102. The summed E-state index contributed by atoms with van der Waals surface area (Å²) in [5.74, 6) is -0.849. The van der Waals surface area contributed by atoms with Crippen molar-refractivity contribution in [1.29, 1.82) is 0 Å². The van der Waals surface area contributed by atoms with Crippen LogP contribution in [0.2, 0.25) is 5.02 Å². The third kappa shape index (κ3) is 5.97. The number of likely N-dealkylation sites (N-methyl/N-ethyl adjacent to an activating group) is 1. The maximum absolute atomic E-state index is 13.7. The van der Waals surface area contributed by atoms with Crippen LogP contribution in [-0.4, -0.2) is 45.7 Å².